The normalized spacial score (nSPS) is 11.8. The topological polar surface area (TPSA) is 6.48 Å². The summed E-state index contributed by atoms with van der Waals surface area (Å²) in [6.45, 7) is 10.8. The standard InChI is InChI=1S/C50H48N2/c1-5-8-9-19-38-51(43-20-13-10-14-21-43)47-36-37-48(49(39-47)50(4,6-2)7-3)42-32-28-40(29-33-42)26-27-41-30-34-46(35-31-41)52(44-22-15-11-16-23-44)45-24-17-12-18-25-45/h5,8-39H,1,6-7H2,2-4H3/b9-8-,27-26+,38-19-. The predicted molar refractivity (Wildman–Crippen MR) is 227 cm³/mol. The lowest BCUT2D eigenvalue weighted by Gasteiger charge is -2.32. The van der Waals surface area contributed by atoms with E-state index in [1.54, 1.807) is 6.08 Å². The highest BCUT2D eigenvalue weighted by Crippen LogP contribution is 2.41. The fourth-order valence-corrected chi connectivity index (χ4v) is 6.55. The van der Waals surface area contributed by atoms with Gasteiger partial charge in [0.25, 0.3) is 0 Å². The molecule has 2 heteroatoms. The van der Waals surface area contributed by atoms with Gasteiger partial charge in [0.05, 0.1) is 0 Å². The molecule has 0 heterocycles. The van der Waals surface area contributed by atoms with Crippen LogP contribution in [0.2, 0.25) is 0 Å². The molecule has 0 saturated carbocycles. The molecule has 0 amide bonds. The van der Waals surface area contributed by atoms with Crippen molar-refractivity contribution in [2.75, 3.05) is 9.80 Å². The molecule has 258 valence electrons. The van der Waals surface area contributed by atoms with Crippen LogP contribution in [0.4, 0.5) is 28.4 Å². The van der Waals surface area contributed by atoms with Crippen LogP contribution in [0.15, 0.2) is 195 Å². The zero-order valence-corrected chi connectivity index (χ0v) is 30.6. The van der Waals surface area contributed by atoms with E-state index in [9.17, 15) is 0 Å². The van der Waals surface area contributed by atoms with Crippen LogP contribution in [0.1, 0.15) is 50.3 Å². The fourth-order valence-electron chi connectivity index (χ4n) is 6.55. The number of benzene rings is 6. The zero-order chi connectivity index (χ0) is 36.2. The van der Waals surface area contributed by atoms with Crippen molar-refractivity contribution in [3.05, 3.63) is 211 Å². The highest BCUT2D eigenvalue weighted by atomic mass is 15.1. The first-order chi connectivity index (χ1) is 25.5. The number of hydrogen-bond donors (Lipinski definition) is 0. The number of rotatable bonds is 14. The van der Waals surface area contributed by atoms with Gasteiger partial charge in [0.2, 0.25) is 0 Å². The van der Waals surface area contributed by atoms with Crippen molar-refractivity contribution < 1.29 is 0 Å². The Morgan fingerprint density at radius 2 is 1.00 bits per heavy atom. The van der Waals surface area contributed by atoms with Gasteiger partial charge < -0.3 is 9.80 Å². The van der Waals surface area contributed by atoms with Gasteiger partial charge in [-0.25, -0.2) is 0 Å². The van der Waals surface area contributed by atoms with E-state index in [0.717, 1.165) is 46.8 Å². The van der Waals surface area contributed by atoms with Gasteiger partial charge in [0, 0.05) is 34.6 Å². The van der Waals surface area contributed by atoms with Crippen molar-refractivity contribution in [1.82, 2.24) is 0 Å². The summed E-state index contributed by atoms with van der Waals surface area (Å²) in [7, 11) is 0. The van der Waals surface area contributed by atoms with Gasteiger partial charge >= 0.3 is 0 Å². The Labute approximate surface area is 311 Å². The third kappa shape index (κ3) is 8.42. The van der Waals surface area contributed by atoms with Crippen LogP contribution in [0, 0.1) is 0 Å². The van der Waals surface area contributed by atoms with E-state index in [2.05, 4.69) is 219 Å². The SMILES string of the molecule is C=C/C=C\C=C/N(c1ccccc1)c1ccc(-c2ccc(/C=C/c3ccc(N(c4ccccc4)c4ccccc4)cc3)cc2)c(C(C)(CC)CC)c1. The lowest BCUT2D eigenvalue weighted by molar-refractivity contribution is 0.440. The van der Waals surface area contributed by atoms with Crippen molar-refractivity contribution >= 4 is 40.6 Å². The molecule has 0 fully saturated rings. The molecule has 0 N–H and O–H groups in total. The molecule has 0 aliphatic rings. The van der Waals surface area contributed by atoms with Gasteiger partial charge in [0.15, 0.2) is 0 Å². The van der Waals surface area contributed by atoms with Crippen LogP contribution >= 0.6 is 0 Å². The van der Waals surface area contributed by atoms with Crippen molar-refractivity contribution in [2.45, 2.75) is 39.0 Å². The molecule has 6 aromatic carbocycles. The molecule has 0 radical (unpaired) electrons. The molecule has 0 spiro atoms. The number of hydrogen-bond acceptors (Lipinski definition) is 2. The van der Waals surface area contributed by atoms with Crippen molar-refractivity contribution in [3.63, 3.8) is 0 Å². The summed E-state index contributed by atoms with van der Waals surface area (Å²) in [6, 6.07) is 56.2. The Hall–Kier alpha value is -6.12. The van der Waals surface area contributed by atoms with Crippen LogP contribution in [0.5, 0.6) is 0 Å². The van der Waals surface area contributed by atoms with E-state index in [0.29, 0.717) is 0 Å². The number of anilines is 5. The number of para-hydroxylation sites is 3. The monoisotopic (exact) mass is 676 g/mol. The quantitative estimate of drug-likeness (QED) is 0.0837. The molecule has 0 saturated heterocycles. The maximum absolute atomic E-state index is 3.81. The van der Waals surface area contributed by atoms with Gasteiger partial charge in [-0.05, 0) is 113 Å². The van der Waals surface area contributed by atoms with Gasteiger partial charge in [0.1, 0.15) is 0 Å². The summed E-state index contributed by atoms with van der Waals surface area (Å²) in [5.41, 5.74) is 11.9. The molecule has 0 aliphatic heterocycles. The van der Waals surface area contributed by atoms with Crippen molar-refractivity contribution in [1.29, 1.82) is 0 Å². The lowest BCUT2D eigenvalue weighted by atomic mass is 9.74. The molecule has 6 rings (SSSR count). The Morgan fingerprint density at radius 3 is 1.52 bits per heavy atom. The summed E-state index contributed by atoms with van der Waals surface area (Å²) in [5.74, 6) is 0. The molecule has 0 unspecified atom stereocenters. The van der Waals surface area contributed by atoms with E-state index in [4.69, 9.17) is 0 Å². The number of allylic oxidation sites excluding steroid dienone is 4. The second kappa shape index (κ2) is 17.2. The van der Waals surface area contributed by atoms with Crippen LogP contribution in [0.3, 0.4) is 0 Å². The molecule has 0 aromatic heterocycles. The number of nitrogens with zero attached hydrogens (tertiary/aromatic N) is 2. The Balaban J connectivity index is 1.27. The molecule has 0 bridgehead atoms. The van der Waals surface area contributed by atoms with Crippen LogP contribution < -0.4 is 9.80 Å². The Morgan fingerprint density at radius 1 is 0.519 bits per heavy atom. The minimum absolute atomic E-state index is 0.0293. The van der Waals surface area contributed by atoms with Gasteiger partial charge in [-0.1, -0.05) is 155 Å². The summed E-state index contributed by atoms with van der Waals surface area (Å²) < 4.78 is 0. The summed E-state index contributed by atoms with van der Waals surface area (Å²) >= 11 is 0. The van der Waals surface area contributed by atoms with Gasteiger partial charge in [-0.2, -0.15) is 0 Å². The molecule has 0 aliphatic carbocycles. The minimum atomic E-state index is 0.0293. The first kappa shape index (κ1) is 35.7. The zero-order valence-electron chi connectivity index (χ0n) is 30.6. The second-order valence-corrected chi connectivity index (χ2v) is 13.2. The maximum atomic E-state index is 3.81. The lowest BCUT2D eigenvalue weighted by Crippen LogP contribution is -2.21. The fraction of sp³-hybridized carbons (Fsp3) is 0.120. The third-order valence-corrected chi connectivity index (χ3v) is 9.99. The molecular weight excluding hydrogens is 629 g/mol. The first-order valence-corrected chi connectivity index (χ1v) is 18.3. The van der Waals surface area contributed by atoms with E-state index < -0.39 is 0 Å². The predicted octanol–water partition coefficient (Wildman–Crippen LogP) is 14.5. The van der Waals surface area contributed by atoms with Crippen LogP contribution in [0.25, 0.3) is 23.3 Å². The molecule has 0 atom stereocenters. The van der Waals surface area contributed by atoms with E-state index in [-0.39, 0.29) is 5.41 Å². The van der Waals surface area contributed by atoms with Gasteiger partial charge in [-0.15, -0.1) is 0 Å². The van der Waals surface area contributed by atoms with E-state index >= 15 is 0 Å². The summed E-state index contributed by atoms with van der Waals surface area (Å²) in [5, 5.41) is 0. The highest BCUT2D eigenvalue weighted by molar-refractivity contribution is 5.79. The van der Waals surface area contributed by atoms with Crippen molar-refractivity contribution in [2.24, 2.45) is 0 Å². The molecule has 52 heavy (non-hydrogen) atoms. The van der Waals surface area contributed by atoms with E-state index in [1.807, 2.05) is 12.2 Å². The third-order valence-electron chi connectivity index (χ3n) is 9.99. The van der Waals surface area contributed by atoms with Crippen LogP contribution in [-0.4, -0.2) is 0 Å². The molecule has 2 nitrogen and oxygen atoms in total. The maximum Gasteiger partial charge on any atom is 0.0462 e. The van der Waals surface area contributed by atoms with Gasteiger partial charge in [-0.3, -0.25) is 0 Å². The molecule has 6 aromatic rings. The largest absolute Gasteiger partial charge is 0.317 e. The highest BCUT2D eigenvalue weighted by Gasteiger charge is 2.27. The Kier molecular flexibility index (Phi) is 11.8. The van der Waals surface area contributed by atoms with Crippen molar-refractivity contribution in [3.8, 4) is 11.1 Å². The average molecular weight is 677 g/mol. The average Bonchev–Trinajstić information content (AvgIpc) is 3.21. The Bertz CT molecular complexity index is 2060. The summed E-state index contributed by atoms with van der Waals surface area (Å²) in [6.07, 6.45) is 16.4. The van der Waals surface area contributed by atoms with Crippen LogP contribution in [-0.2, 0) is 5.41 Å². The minimum Gasteiger partial charge on any atom is -0.317 e. The summed E-state index contributed by atoms with van der Waals surface area (Å²) in [4.78, 5) is 4.54. The second-order valence-electron chi connectivity index (χ2n) is 13.2. The smallest absolute Gasteiger partial charge is 0.0462 e. The first-order valence-electron chi connectivity index (χ1n) is 18.3. The molecular formula is C50H48N2. The van der Waals surface area contributed by atoms with E-state index in [1.165, 1.54) is 22.3 Å².